The molecule has 2 atom stereocenters. The minimum Gasteiger partial charge on any atom is -0.352 e. The van der Waals surface area contributed by atoms with Crippen LogP contribution in [0.5, 0.6) is 0 Å². The molecule has 1 saturated carbocycles. The first kappa shape index (κ1) is 18.5. The minimum absolute atomic E-state index is 0. The van der Waals surface area contributed by atoms with E-state index in [1.165, 1.54) is 32.1 Å². The summed E-state index contributed by atoms with van der Waals surface area (Å²) in [7, 11) is 0. The van der Waals surface area contributed by atoms with Crippen LogP contribution in [0.25, 0.3) is 0 Å². The number of carbonyl (C=O) groups excluding carboxylic acids is 2. The molecule has 3 rings (SSSR count). The average molecular weight is 344 g/mol. The Bertz CT molecular complexity index is 401. The molecule has 3 aliphatic rings. The molecule has 3 N–H and O–H groups in total. The van der Waals surface area contributed by atoms with Crippen LogP contribution >= 0.6 is 12.4 Å². The molecule has 2 aliphatic heterocycles. The topological polar surface area (TPSA) is 70.2 Å². The lowest BCUT2D eigenvalue weighted by Crippen LogP contribution is -2.44. The fourth-order valence-corrected chi connectivity index (χ4v) is 4.38. The van der Waals surface area contributed by atoms with Crippen molar-refractivity contribution in [3.05, 3.63) is 0 Å². The monoisotopic (exact) mass is 343 g/mol. The quantitative estimate of drug-likeness (QED) is 0.714. The van der Waals surface area contributed by atoms with Gasteiger partial charge in [-0.15, -0.1) is 12.4 Å². The molecule has 6 heteroatoms. The molecule has 2 amide bonds. The van der Waals surface area contributed by atoms with Gasteiger partial charge >= 0.3 is 0 Å². The van der Waals surface area contributed by atoms with Crippen LogP contribution in [-0.4, -0.2) is 36.5 Å². The summed E-state index contributed by atoms with van der Waals surface area (Å²) >= 11 is 0. The summed E-state index contributed by atoms with van der Waals surface area (Å²) in [5, 5.41) is 9.43. The smallest absolute Gasteiger partial charge is 0.239 e. The molecular weight excluding hydrogens is 314 g/mol. The first-order chi connectivity index (χ1) is 10.7. The van der Waals surface area contributed by atoms with E-state index in [-0.39, 0.29) is 30.8 Å². The predicted octanol–water partition coefficient (Wildman–Crippen LogP) is 1.89. The number of nitrogens with one attached hydrogen (secondary N) is 3. The molecule has 2 saturated heterocycles. The van der Waals surface area contributed by atoms with E-state index in [4.69, 9.17) is 0 Å². The van der Waals surface area contributed by atoms with Crippen molar-refractivity contribution < 1.29 is 9.59 Å². The number of piperidine rings is 1. The maximum absolute atomic E-state index is 12.0. The van der Waals surface area contributed by atoms with E-state index in [0.717, 1.165) is 25.7 Å². The SMILES string of the molecule is Cl.O=C(CC1CC2CCC(C1)N2)NCC(=O)NC1CCCCC1. The Balaban J connectivity index is 0.00000192. The molecule has 23 heavy (non-hydrogen) atoms. The lowest BCUT2D eigenvalue weighted by Gasteiger charge is -2.28. The van der Waals surface area contributed by atoms with Crippen LogP contribution < -0.4 is 16.0 Å². The number of hydrogen-bond acceptors (Lipinski definition) is 3. The van der Waals surface area contributed by atoms with Crippen LogP contribution in [-0.2, 0) is 9.59 Å². The lowest BCUT2D eigenvalue weighted by atomic mass is 9.89. The van der Waals surface area contributed by atoms with E-state index in [2.05, 4.69) is 16.0 Å². The Morgan fingerprint density at radius 3 is 2.22 bits per heavy atom. The fourth-order valence-electron chi connectivity index (χ4n) is 4.38. The zero-order chi connectivity index (χ0) is 15.4. The van der Waals surface area contributed by atoms with Crippen LogP contribution in [0.2, 0.25) is 0 Å². The maximum atomic E-state index is 12.0. The molecule has 2 heterocycles. The molecule has 2 bridgehead atoms. The van der Waals surface area contributed by atoms with Gasteiger partial charge in [0, 0.05) is 24.5 Å². The van der Waals surface area contributed by atoms with Gasteiger partial charge in [-0.3, -0.25) is 9.59 Å². The minimum atomic E-state index is -0.0365. The van der Waals surface area contributed by atoms with Gasteiger partial charge < -0.3 is 16.0 Å². The Hall–Kier alpha value is -0.810. The highest BCUT2D eigenvalue weighted by Gasteiger charge is 2.34. The summed E-state index contributed by atoms with van der Waals surface area (Å²) in [6.45, 7) is 0.132. The summed E-state index contributed by atoms with van der Waals surface area (Å²) < 4.78 is 0. The van der Waals surface area contributed by atoms with Crippen molar-refractivity contribution in [3.8, 4) is 0 Å². The lowest BCUT2D eigenvalue weighted by molar-refractivity contribution is -0.127. The average Bonchev–Trinajstić information content (AvgIpc) is 2.85. The van der Waals surface area contributed by atoms with Gasteiger partial charge in [-0.1, -0.05) is 19.3 Å². The van der Waals surface area contributed by atoms with Gasteiger partial charge in [0.15, 0.2) is 0 Å². The highest BCUT2D eigenvalue weighted by Crippen LogP contribution is 2.32. The molecule has 0 spiro atoms. The summed E-state index contributed by atoms with van der Waals surface area (Å²) in [5.41, 5.74) is 0. The first-order valence-electron chi connectivity index (χ1n) is 9.01. The number of hydrogen-bond donors (Lipinski definition) is 3. The number of rotatable bonds is 5. The summed E-state index contributed by atoms with van der Waals surface area (Å²) in [5.74, 6) is 0.482. The Morgan fingerprint density at radius 1 is 0.913 bits per heavy atom. The molecule has 0 radical (unpaired) electrons. The summed E-state index contributed by atoms with van der Waals surface area (Å²) in [6.07, 6.45) is 11.2. The third kappa shape index (κ3) is 5.64. The zero-order valence-electron chi connectivity index (χ0n) is 13.8. The van der Waals surface area contributed by atoms with Crippen LogP contribution in [0.15, 0.2) is 0 Å². The second kappa shape index (κ2) is 8.88. The Morgan fingerprint density at radius 2 is 1.57 bits per heavy atom. The molecular formula is C17H30ClN3O2. The molecule has 0 aromatic rings. The van der Waals surface area contributed by atoms with Crippen LogP contribution in [0, 0.1) is 5.92 Å². The van der Waals surface area contributed by atoms with Crippen molar-refractivity contribution in [2.45, 2.75) is 82.3 Å². The maximum Gasteiger partial charge on any atom is 0.239 e. The third-order valence-corrected chi connectivity index (χ3v) is 5.46. The van der Waals surface area contributed by atoms with Crippen molar-refractivity contribution in [3.63, 3.8) is 0 Å². The highest BCUT2D eigenvalue weighted by molar-refractivity contribution is 5.85. The largest absolute Gasteiger partial charge is 0.352 e. The summed E-state index contributed by atoms with van der Waals surface area (Å²) in [4.78, 5) is 23.9. The second-order valence-electron chi connectivity index (χ2n) is 7.36. The van der Waals surface area contributed by atoms with Crippen molar-refractivity contribution >= 4 is 24.2 Å². The third-order valence-electron chi connectivity index (χ3n) is 5.46. The molecule has 0 aromatic carbocycles. The standard InChI is InChI=1S/C17H29N3O2.ClH/c21-16(10-12-8-14-6-7-15(9-12)19-14)18-11-17(22)20-13-4-2-1-3-5-13;/h12-15,19H,1-11H2,(H,18,21)(H,20,22);1H. The molecule has 1 aliphatic carbocycles. The van der Waals surface area contributed by atoms with Crippen LogP contribution in [0.1, 0.15) is 64.2 Å². The highest BCUT2D eigenvalue weighted by atomic mass is 35.5. The molecule has 5 nitrogen and oxygen atoms in total. The van der Waals surface area contributed by atoms with E-state index in [1.54, 1.807) is 0 Å². The van der Waals surface area contributed by atoms with Crippen molar-refractivity contribution in [1.29, 1.82) is 0 Å². The van der Waals surface area contributed by atoms with Gasteiger partial charge in [0.25, 0.3) is 0 Å². The van der Waals surface area contributed by atoms with E-state index < -0.39 is 0 Å². The zero-order valence-corrected chi connectivity index (χ0v) is 14.6. The van der Waals surface area contributed by atoms with Crippen LogP contribution in [0.4, 0.5) is 0 Å². The number of amides is 2. The van der Waals surface area contributed by atoms with Gasteiger partial charge in [-0.05, 0) is 44.4 Å². The molecule has 132 valence electrons. The summed E-state index contributed by atoms with van der Waals surface area (Å²) in [6, 6.07) is 1.55. The molecule has 0 aromatic heterocycles. The Labute approximate surface area is 145 Å². The predicted molar refractivity (Wildman–Crippen MR) is 92.6 cm³/mol. The normalized spacial score (nSPS) is 30.3. The van der Waals surface area contributed by atoms with Crippen molar-refractivity contribution in [2.75, 3.05) is 6.54 Å². The van der Waals surface area contributed by atoms with E-state index >= 15 is 0 Å². The van der Waals surface area contributed by atoms with E-state index in [9.17, 15) is 9.59 Å². The number of halogens is 1. The van der Waals surface area contributed by atoms with Gasteiger partial charge in [0.2, 0.25) is 11.8 Å². The van der Waals surface area contributed by atoms with Gasteiger partial charge in [0.05, 0.1) is 6.54 Å². The first-order valence-corrected chi connectivity index (χ1v) is 9.01. The van der Waals surface area contributed by atoms with Gasteiger partial charge in [-0.25, -0.2) is 0 Å². The van der Waals surface area contributed by atoms with E-state index in [0.29, 0.717) is 30.5 Å². The van der Waals surface area contributed by atoms with Gasteiger partial charge in [-0.2, -0.15) is 0 Å². The number of carbonyl (C=O) groups is 2. The van der Waals surface area contributed by atoms with Crippen molar-refractivity contribution in [1.82, 2.24) is 16.0 Å². The van der Waals surface area contributed by atoms with Gasteiger partial charge in [0.1, 0.15) is 0 Å². The Kier molecular flexibility index (Phi) is 7.15. The fraction of sp³-hybridized carbons (Fsp3) is 0.882. The van der Waals surface area contributed by atoms with Crippen molar-refractivity contribution in [2.24, 2.45) is 5.92 Å². The molecule has 2 unspecified atom stereocenters. The van der Waals surface area contributed by atoms with Crippen LogP contribution in [0.3, 0.4) is 0 Å². The second-order valence-corrected chi connectivity index (χ2v) is 7.36. The number of fused-ring (bicyclic) bond motifs is 2. The molecule has 3 fully saturated rings. The van der Waals surface area contributed by atoms with E-state index in [1.807, 2.05) is 0 Å².